The molecule has 0 spiro atoms. The molecule has 0 aromatic heterocycles. The molecular formula is C10H20N2. The fraction of sp³-hybridized carbons (Fsp3) is 0.700. The van der Waals surface area contributed by atoms with Crippen molar-refractivity contribution in [1.82, 2.24) is 0 Å². The van der Waals surface area contributed by atoms with E-state index < -0.39 is 0 Å². The number of nitrogens with two attached hydrogens (primary N) is 1. The maximum absolute atomic E-state index is 5.71. The molecule has 0 saturated heterocycles. The third-order valence-electron chi connectivity index (χ3n) is 1.87. The lowest BCUT2D eigenvalue weighted by molar-refractivity contribution is 0.720. The summed E-state index contributed by atoms with van der Waals surface area (Å²) in [5, 5.41) is 0. The second kappa shape index (κ2) is 5.81. The van der Waals surface area contributed by atoms with Gasteiger partial charge in [0.05, 0.1) is 0 Å². The van der Waals surface area contributed by atoms with Gasteiger partial charge in [-0.1, -0.05) is 20.8 Å². The van der Waals surface area contributed by atoms with Crippen LogP contribution in [0.25, 0.3) is 0 Å². The van der Waals surface area contributed by atoms with E-state index in [1.54, 1.807) is 0 Å². The van der Waals surface area contributed by atoms with Crippen LogP contribution in [0.3, 0.4) is 0 Å². The molecule has 0 amide bonds. The molecule has 2 heteroatoms. The number of aliphatic imine (C=N–C) groups is 1. The lowest BCUT2D eigenvalue weighted by Crippen LogP contribution is -2.05. The smallest absolute Gasteiger partial charge is 0.0468 e. The lowest BCUT2D eigenvalue weighted by Gasteiger charge is -2.02. The van der Waals surface area contributed by atoms with Gasteiger partial charge in [0, 0.05) is 18.0 Å². The minimum absolute atomic E-state index is 0.404. The van der Waals surface area contributed by atoms with E-state index in [1.165, 1.54) is 0 Å². The first kappa shape index (κ1) is 11.2. The summed E-state index contributed by atoms with van der Waals surface area (Å²) in [7, 11) is 0. The van der Waals surface area contributed by atoms with Crippen LogP contribution in [0.15, 0.2) is 16.8 Å². The predicted molar refractivity (Wildman–Crippen MR) is 55.4 cm³/mol. The van der Waals surface area contributed by atoms with Gasteiger partial charge in [-0.15, -0.1) is 0 Å². The minimum Gasteiger partial charge on any atom is -0.402 e. The van der Waals surface area contributed by atoms with Crippen molar-refractivity contribution in [2.24, 2.45) is 16.6 Å². The van der Waals surface area contributed by atoms with Crippen molar-refractivity contribution in [3.05, 3.63) is 11.8 Å². The maximum atomic E-state index is 5.71. The molecule has 12 heavy (non-hydrogen) atoms. The van der Waals surface area contributed by atoms with Crippen molar-refractivity contribution >= 4 is 6.21 Å². The zero-order chi connectivity index (χ0) is 9.56. The van der Waals surface area contributed by atoms with Crippen molar-refractivity contribution < 1.29 is 0 Å². The van der Waals surface area contributed by atoms with Crippen LogP contribution >= 0.6 is 0 Å². The van der Waals surface area contributed by atoms with E-state index in [9.17, 15) is 0 Å². The van der Waals surface area contributed by atoms with Gasteiger partial charge in [-0.3, -0.25) is 4.99 Å². The standard InChI is InChI=1S/C10H20N2/c1-5-9(4)12-7-6-10(11)8(2)3/h6-9H,5,11H2,1-4H3/b10-6-,12-7-. The molecule has 0 saturated carbocycles. The van der Waals surface area contributed by atoms with Gasteiger partial charge in [0.15, 0.2) is 0 Å². The van der Waals surface area contributed by atoms with Crippen molar-refractivity contribution in [3.8, 4) is 0 Å². The Morgan fingerprint density at radius 2 is 2.00 bits per heavy atom. The first-order valence-corrected chi connectivity index (χ1v) is 4.56. The summed E-state index contributed by atoms with van der Waals surface area (Å²) in [5.41, 5.74) is 6.60. The van der Waals surface area contributed by atoms with E-state index in [-0.39, 0.29) is 0 Å². The van der Waals surface area contributed by atoms with Gasteiger partial charge in [-0.2, -0.15) is 0 Å². The Kier molecular flexibility index (Phi) is 5.43. The second-order valence-corrected chi connectivity index (χ2v) is 3.38. The Morgan fingerprint density at radius 3 is 2.42 bits per heavy atom. The highest BCUT2D eigenvalue weighted by Crippen LogP contribution is 2.00. The summed E-state index contributed by atoms with van der Waals surface area (Å²) in [4.78, 5) is 4.28. The molecule has 1 atom stereocenters. The normalized spacial score (nSPS) is 15.9. The maximum Gasteiger partial charge on any atom is 0.0468 e. The Morgan fingerprint density at radius 1 is 1.42 bits per heavy atom. The SMILES string of the molecule is CCC(C)/N=C\C=C(/N)C(C)C. The molecule has 0 aromatic carbocycles. The zero-order valence-corrected chi connectivity index (χ0v) is 8.54. The summed E-state index contributed by atoms with van der Waals surface area (Å²) < 4.78 is 0. The quantitative estimate of drug-likeness (QED) is 0.643. The molecule has 0 bridgehead atoms. The monoisotopic (exact) mass is 168 g/mol. The molecule has 2 nitrogen and oxygen atoms in total. The van der Waals surface area contributed by atoms with Crippen LogP contribution in [0, 0.1) is 5.92 Å². The summed E-state index contributed by atoms with van der Waals surface area (Å²) in [6, 6.07) is 0.404. The predicted octanol–water partition coefficient (Wildman–Crippen LogP) is 2.35. The number of hydrogen-bond acceptors (Lipinski definition) is 2. The molecule has 0 rings (SSSR count). The van der Waals surface area contributed by atoms with Crippen molar-refractivity contribution in [1.29, 1.82) is 0 Å². The van der Waals surface area contributed by atoms with E-state index in [2.05, 4.69) is 32.7 Å². The summed E-state index contributed by atoms with van der Waals surface area (Å²) in [6.45, 7) is 8.36. The number of allylic oxidation sites excluding steroid dienone is 2. The Bertz CT molecular complexity index is 169. The first-order valence-electron chi connectivity index (χ1n) is 4.56. The third kappa shape index (κ3) is 4.94. The van der Waals surface area contributed by atoms with Crippen molar-refractivity contribution in [2.75, 3.05) is 0 Å². The molecular weight excluding hydrogens is 148 g/mol. The van der Waals surface area contributed by atoms with Crippen molar-refractivity contribution in [3.63, 3.8) is 0 Å². The van der Waals surface area contributed by atoms with E-state index in [1.807, 2.05) is 12.3 Å². The average molecular weight is 168 g/mol. The van der Waals surface area contributed by atoms with Crippen LogP contribution < -0.4 is 5.73 Å². The van der Waals surface area contributed by atoms with Crippen LogP contribution in [0.2, 0.25) is 0 Å². The number of rotatable bonds is 4. The van der Waals surface area contributed by atoms with Gasteiger partial charge in [-0.25, -0.2) is 0 Å². The topological polar surface area (TPSA) is 38.4 Å². The van der Waals surface area contributed by atoms with Crippen molar-refractivity contribution in [2.45, 2.75) is 40.2 Å². The minimum atomic E-state index is 0.404. The molecule has 0 fully saturated rings. The van der Waals surface area contributed by atoms with Gasteiger partial charge >= 0.3 is 0 Å². The largest absolute Gasteiger partial charge is 0.402 e. The highest BCUT2D eigenvalue weighted by Gasteiger charge is 1.94. The van der Waals surface area contributed by atoms with Crippen LogP contribution in [-0.2, 0) is 0 Å². The molecule has 1 unspecified atom stereocenters. The van der Waals surface area contributed by atoms with E-state index in [0.29, 0.717) is 12.0 Å². The van der Waals surface area contributed by atoms with Gasteiger partial charge in [-0.05, 0) is 25.3 Å². The van der Waals surface area contributed by atoms with Crippen LogP contribution in [0.5, 0.6) is 0 Å². The second-order valence-electron chi connectivity index (χ2n) is 3.38. The van der Waals surface area contributed by atoms with Crippen LogP contribution in [0.1, 0.15) is 34.1 Å². The van der Waals surface area contributed by atoms with E-state index in [4.69, 9.17) is 5.73 Å². The van der Waals surface area contributed by atoms with Gasteiger partial charge in [0.1, 0.15) is 0 Å². The average Bonchev–Trinajstić information content (AvgIpc) is 2.03. The Labute approximate surface area is 75.6 Å². The third-order valence-corrected chi connectivity index (χ3v) is 1.87. The Hall–Kier alpha value is -0.790. The highest BCUT2D eigenvalue weighted by molar-refractivity contribution is 5.72. The first-order chi connectivity index (χ1) is 5.57. The molecule has 0 aromatic rings. The van der Waals surface area contributed by atoms with Gasteiger partial charge < -0.3 is 5.73 Å². The van der Waals surface area contributed by atoms with Gasteiger partial charge in [0.25, 0.3) is 0 Å². The lowest BCUT2D eigenvalue weighted by atomic mass is 10.1. The van der Waals surface area contributed by atoms with E-state index >= 15 is 0 Å². The molecule has 2 N–H and O–H groups in total. The van der Waals surface area contributed by atoms with Crippen LogP contribution in [-0.4, -0.2) is 12.3 Å². The van der Waals surface area contributed by atoms with E-state index in [0.717, 1.165) is 12.1 Å². The highest BCUT2D eigenvalue weighted by atomic mass is 14.7. The molecule has 0 aliphatic carbocycles. The summed E-state index contributed by atoms with van der Waals surface area (Å²) >= 11 is 0. The molecule has 0 aliphatic rings. The Balaban J connectivity index is 3.94. The number of nitrogens with zero attached hydrogens (tertiary/aromatic N) is 1. The molecule has 70 valence electrons. The molecule has 0 heterocycles. The van der Waals surface area contributed by atoms with Crippen LogP contribution in [0.4, 0.5) is 0 Å². The fourth-order valence-electron chi connectivity index (χ4n) is 0.574. The van der Waals surface area contributed by atoms with Gasteiger partial charge in [0.2, 0.25) is 0 Å². The summed E-state index contributed by atoms with van der Waals surface area (Å²) in [5.74, 6) is 0.411. The molecule has 0 radical (unpaired) electrons. The molecule has 0 aliphatic heterocycles. The summed E-state index contributed by atoms with van der Waals surface area (Å²) in [6.07, 6.45) is 4.77. The zero-order valence-electron chi connectivity index (χ0n) is 8.54. The fourth-order valence-corrected chi connectivity index (χ4v) is 0.574. The number of hydrogen-bond donors (Lipinski definition) is 1.